The molecule has 4 heteroatoms. The molecule has 0 amide bonds. The Kier molecular flexibility index (Phi) is 5.87. The SMILES string of the molecule is CSCCN(C)c1cc(Br)ccc1CCl. The monoisotopic (exact) mass is 307 g/mol. The first-order valence-electron chi connectivity index (χ1n) is 4.73. The maximum atomic E-state index is 5.92. The molecule has 0 aromatic heterocycles. The van der Waals surface area contributed by atoms with Crippen LogP contribution in [0, 0.1) is 0 Å². The Morgan fingerprint density at radius 3 is 2.80 bits per heavy atom. The lowest BCUT2D eigenvalue weighted by Crippen LogP contribution is -2.21. The maximum absolute atomic E-state index is 5.92. The van der Waals surface area contributed by atoms with Crippen LogP contribution < -0.4 is 4.90 Å². The lowest BCUT2D eigenvalue weighted by Gasteiger charge is -2.21. The zero-order valence-corrected chi connectivity index (χ0v) is 12.1. The predicted octanol–water partition coefficient (Wildman–Crippen LogP) is 3.99. The van der Waals surface area contributed by atoms with Crippen LogP contribution in [-0.4, -0.2) is 25.6 Å². The summed E-state index contributed by atoms with van der Waals surface area (Å²) in [7, 11) is 2.11. The number of alkyl halides is 1. The lowest BCUT2D eigenvalue weighted by molar-refractivity contribution is 0.968. The van der Waals surface area contributed by atoms with Crippen LogP contribution in [0.2, 0.25) is 0 Å². The van der Waals surface area contributed by atoms with Crippen molar-refractivity contribution in [2.24, 2.45) is 0 Å². The smallest absolute Gasteiger partial charge is 0.0494 e. The van der Waals surface area contributed by atoms with Crippen molar-refractivity contribution in [1.82, 2.24) is 0 Å². The fourth-order valence-electron chi connectivity index (χ4n) is 1.35. The number of benzene rings is 1. The fourth-order valence-corrected chi connectivity index (χ4v) is 2.39. The molecule has 0 saturated heterocycles. The molecule has 1 aromatic carbocycles. The average molecular weight is 309 g/mol. The van der Waals surface area contributed by atoms with E-state index in [1.807, 2.05) is 17.8 Å². The molecule has 0 aliphatic carbocycles. The molecular weight excluding hydrogens is 294 g/mol. The number of hydrogen-bond donors (Lipinski definition) is 0. The van der Waals surface area contributed by atoms with Gasteiger partial charge in [-0.05, 0) is 24.0 Å². The summed E-state index contributed by atoms with van der Waals surface area (Å²) in [6.07, 6.45) is 2.12. The topological polar surface area (TPSA) is 3.24 Å². The van der Waals surface area contributed by atoms with E-state index in [1.165, 1.54) is 11.3 Å². The summed E-state index contributed by atoms with van der Waals surface area (Å²) in [6.45, 7) is 1.04. The van der Waals surface area contributed by atoms with Gasteiger partial charge in [0.15, 0.2) is 0 Å². The average Bonchev–Trinajstić information content (AvgIpc) is 2.25. The molecule has 0 aliphatic rings. The van der Waals surface area contributed by atoms with Gasteiger partial charge in [-0.2, -0.15) is 11.8 Å². The van der Waals surface area contributed by atoms with Crippen LogP contribution in [0.4, 0.5) is 5.69 Å². The zero-order chi connectivity index (χ0) is 11.3. The molecule has 0 fully saturated rings. The third kappa shape index (κ3) is 3.89. The van der Waals surface area contributed by atoms with Gasteiger partial charge in [0.05, 0.1) is 0 Å². The molecule has 0 atom stereocenters. The number of thioether (sulfide) groups is 1. The molecule has 0 spiro atoms. The normalized spacial score (nSPS) is 10.4. The van der Waals surface area contributed by atoms with Crippen molar-refractivity contribution in [2.75, 3.05) is 30.5 Å². The Morgan fingerprint density at radius 2 is 2.20 bits per heavy atom. The Hall–Kier alpha value is 0.140. The van der Waals surface area contributed by atoms with Gasteiger partial charge in [0.2, 0.25) is 0 Å². The number of hydrogen-bond acceptors (Lipinski definition) is 2. The first kappa shape index (κ1) is 13.2. The number of halogens is 2. The first-order chi connectivity index (χ1) is 7.19. The van der Waals surface area contributed by atoms with E-state index in [0.717, 1.165) is 16.8 Å². The van der Waals surface area contributed by atoms with Gasteiger partial charge in [0.1, 0.15) is 0 Å². The van der Waals surface area contributed by atoms with E-state index < -0.39 is 0 Å². The Morgan fingerprint density at radius 1 is 1.47 bits per heavy atom. The van der Waals surface area contributed by atoms with Crippen LogP contribution in [0.25, 0.3) is 0 Å². The van der Waals surface area contributed by atoms with Crippen LogP contribution in [0.5, 0.6) is 0 Å². The third-order valence-corrected chi connectivity index (χ3v) is 3.61. The second-order valence-corrected chi connectivity index (χ2v) is 5.49. The molecular formula is C11H15BrClNS. The van der Waals surface area contributed by atoms with Crippen LogP contribution >= 0.6 is 39.3 Å². The molecule has 0 heterocycles. The highest BCUT2D eigenvalue weighted by atomic mass is 79.9. The van der Waals surface area contributed by atoms with Gasteiger partial charge in [-0.25, -0.2) is 0 Å². The van der Waals surface area contributed by atoms with E-state index in [0.29, 0.717) is 5.88 Å². The Labute approximate surface area is 109 Å². The van der Waals surface area contributed by atoms with Gasteiger partial charge in [0, 0.05) is 35.4 Å². The van der Waals surface area contributed by atoms with Gasteiger partial charge < -0.3 is 4.90 Å². The molecule has 0 bridgehead atoms. The predicted molar refractivity (Wildman–Crippen MR) is 75.4 cm³/mol. The van der Waals surface area contributed by atoms with E-state index in [2.05, 4.69) is 46.3 Å². The third-order valence-electron chi connectivity index (χ3n) is 2.23. The van der Waals surface area contributed by atoms with Gasteiger partial charge >= 0.3 is 0 Å². The largest absolute Gasteiger partial charge is 0.373 e. The van der Waals surface area contributed by atoms with Crippen LogP contribution in [0.15, 0.2) is 22.7 Å². The molecule has 0 N–H and O–H groups in total. The molecule has 1 aromatic rings. The highest BCUT2D eigenvalue weighted by Gasteiger charge is 2.06. The minimum absolute atomic E-state index is 0.562. The highest BCUT2D eigenvalue weighted by Crippen LogP contribution is 2.25. The molecule has 0 saturated carbocycles. The van der Waals surface area contributed by atoms with Crippen LogP contribution in [-0.2, 0) is 5.88 Å². The van der Waals surface area contributed by atoms with E-state index in [4.69, 9.17) is 11.6 Å². The van der Waals surface area contributed by atoms with Gasteiger partial charge in [-0.1, -0.05) is 22.0 Å². The van der Waals surface area contributed by atoms with Gasteiger partial charge in [0.25, 0.3) is 0 Å². The fraction of sp³-hybridized carbons (Fsp3) is 0.455. The van der Waals surface area contributed by atoms with Crippen LogP contribution in [0.1, 0.15) is 5.56 Å². The summed E-state index contributed by atoms with van der Waals surface area (Å²) in [5.74, 6) is 1.69. The zero-order valence-electron chi connectivity index (χ0n) is 8.96. The van der Waals surface area contributed by atoms with Crippen molar-refractivity contribution in [3.63, 3.8) is 0 Å². The Bertz CT molecular complexity index is 319. The summed E-state index contributed by atoms with van der Waals surface area (Å²) >= 11 is 11.3. The Balaban J connectivity index is 2.85. The highest BCUT2D eigenvalue weighted by molar-refractivity contribution is 9.10. The minimum Gasteiger partial charge on any atom is -0.373 e. The standard InChI is InChI=1S/C11H15BrClNS/c1-14(5-6-15-2)11-7-10(12)4-3-9(11)8-13/h3-4,7H,5-6,8H2,1-2H3. The lowest BCUT2D eigenvalue weighted by atomic mass is 10.2. The maximum Gasteiger partial charge on any atom is 0.0494 e. The summed E-state index contributed by atoms with van der Waals surface area (Å²) in [5, 5.41) is 0. The van der Waals surface area contributed by atoms with Gasteiger partial charge in [-0.15, -0.1) is 11.6 Å². The molecule has 1 nitrogen and oxygen atoms in total. The van der Waals surface area contributed by atoms with Crippen molar-refractivity contribution in [3.05, 3.63) is 28.2 Å². The summed E-state index contributed by atoms with van der Waals surface area (Å²) < 4.78 is 1.10. The van der Waals surface area contributed by atoms with Crippen LogP contribution in [0.3, 0.4) is 0 Å². The number of rotatable bonds is 5. The quantitative estimate of drug-likeness (QED) is 0.757. The number of anilines is 1. The molecule has 0 unspecified atom stereocenters. The minimum atomic E-state index is 0.562. The summed E-state index contributed by atoms with van der Waals surface area (Å²) in [6, 6.07) is 6.23. The second kappa shape index (κ2) is 6.66. The van der Waals surface area contributed by atoms with Crippen molar-refractivity contribution in [3.8, 4) is 0 Å². The number of nitrogens with zero attached hydrogens (tertiary/aromatic N) is 1. The molecule has 0 radical (unpaired) electrons. The van der Waals surface area contributed by atoms with Crippen molar-refractivity contribution in [1.29, 1.82) is 0 Å². The molecule has 15 heavy (non-hydrogen) atoms. The first-order valence-corrected chi connectivity index (χ1v) is 7.45. The summed E-state index contributed by atoms with van der Waals surface area (Å²) in [4.78, 5) is 2.25. The van der Waals surface area contributed by atoms with Crippen molar-refractivity contribution in [2.45, 2.75) is 5.88 Å². The van der Waals surface area contributed by atoms with Crippen molar-refractivity contribution >= 4 is 45.0 Å². The van der Waals surface area contributed by atoms with E-state index >= 15 is 0 Å². The van der Waals surface area contributed by atoms with E-state index in [9.17, 15) is 0 Å². The van der Waals surface area contributed by atoms with Crippen molar-refractivity contribution < 1.29 is 0 Å². The molecule has 1 rings (SSSR count). The van der Waals surface area contributed by atoms with Gasteiger partial charge in [-0.3, -0.25) is 0 Å². The second-order valence-electron chi connectivity index (χ2n) is 3.32. The molecule has 0 aliphatic heterocycles. The van der Waals surface area contributed by atoms with E-state index in [1.54, 1.807) is 0 Å². The van der Waals surface area contributed by atoms with E-state index in [-0.39, 0.29) is 0 Å². The summed E-state index contributed by atoms with van der Waals surface area (Å²) in [5.41, 5.74) is 2.40. The molecule has 84 valence electrons.